The summed E-state index contributed by atoms with van der Waals surface area (Å²) < 4.78 is 0. The van der Waals surface area contributed by atoms with Gasteiger partial charge in [0.25, 0.3) is 11.6 Å². The van der Waals surface area contributed by atoms with Gasteiger partial charge in [-0.1, -0.05) is 84.0 Å². The fourth-order valence-corrected chi connectivity index (χ4v) is 9.42. The Morgan fingerprint density at radius 3 is 1.64 bits per heavy atom. The number of carbonyl (C=O) groups is 12. The first kappa shape index (κ1) is 72.1. The van der Waals surface area contributed by atoms with Crippen molar-refractivity contribution in [3.05, 3.63) is 106 Å². The third-order valence-corrected chi connectivity index (χ3v) is 14.4. The molecule has 0 bridgehead atoms. The molecular weight excluding hydrogens is 1150 g/mol. The highest BCUT2D eigenvalue weighted by Gasteiger charge is 2.35. The third kappa shape index (κ3) is 26.8. The number of phenolic OH excluding ortho intramolecular Hbond substituents is 1. The minimum atomic E-state index is -1.72. The second-order valence-electron chi connectivity index (χ2n) is 21.5. The lowest BCUT2D eigenvalue weighted by Crippen LogP contribution is -2.60. The summed E-state index contributed by atoms with van der Waals surface area (Å²) in [5.41, 5.74) is 6.54. The van der Waals surface area contributed by atoms with Crippen LogP contribution in [0.5, 0.6) is 5.75 Å². The van der Waals surface area contributed by atoms with Gasteiger partial charge < -0.3 is 68.9 Å². The highest BCUT2D eigenvalue weighted by Crippen LogP contribution is 2.23. The molecule has 0 spiro atoms. The molecule has 0 saturated heterocycles. The number of nitro benzene ring substituents is 1. The molecule has 29 heteroatoms. The summed E-state index contributed by atoms with van der Waals surface area (Å²) in [4.78, 5) is 169. The number of aromatic hydroxyl groups is 1. The normalized spacial score (nSPS) is 13.4. The van der Waals surface area contributed by atoms with Crippen molar-refractivity contribution >= 4 is 88.5 Å². The number of benzene rings is 3. The highest BCUT2D eigenvalue weighted by molar-refractivity contribution is 7.99. The predicted molar refractivity (Wildman–Crippen MR) is 318 cm³/mol. The van der Waals surface area contributed by atoms with Gasteiger partial charge in [-0.05, 0) is 85.3 Å². The molecule has 3 aromatic carbocycles. The number of carbonyl (C=O) groups excluding carboxylic acids is 10. The number of aliphatic carboxylic acids is 2. The van der Waals surface area contributed by atoms with Gasteiger partial charge in [0.15, 0.2) is 0 Å². The molecule has 10 amide bonds. The zero-order valence-electron chi connectivity index (χ0n) is 49.3. The monoisotopic (exact) mass is 1230 g/mol. The number of phenols is 1. The topological polar surface area (TPSA) is 443 Å². The number of nitrogens with one attached hydrogen (secondary N) is 9. The minimum Gasteiger partial charge on any atom is -0.508 e. The number of carboxylic acid groups (broad SMARTS) is 2. The molecule has 3 rings (SSSR count). The number of rotatable bonds is 38. The van der Waals surface area contributed by atoms with E-state index in [1.165, 1.54) is 48.5 Å². The number of nitrogens with two attached hydrogens (primary N) is 1. The number of amides is 10. The van der Waals surface area contributed by atoms with Crippen LogP contribution in [-0.2, 0) is 64.9 Å². The van der Waals surface area contributed by atoms with Gasteiger partial charge in [0, 0.05) is 49.3 Å². The molecule has 0 radical (unpaired) electrons. The van der Waals surface area contributed by atoms with E-state index in [4.69, 9.17) is 5.73 Å². The van der Waals surface area contributed by atoms with Crippen LogP contribution in [0.3, 0.4) is 0 Å². The molecule has 7 atom stereocenters. The van der Waals surface area contributed by atoms with Gasteiger partial charge in [-0.3, -0.25) is 67.6 Å². The molecular formula is C58H79N11O17S. The first-order valence-corrected chi connectivity index (χ1v) is 29.1. The summed E-state index contributed by atoms with van der Waals surface area (Å²) in [5.74, 6) is -12.2. The van der Waals surface area contributed by atoms with Crippen LogP contribution in [0.2, 0.25) is 0 Å². The quantitative estimate of drug-likeness (QED) is 0.0217. The van der Waals surface area contributed by atoms with Crippen LogP contribution in [0.1, 0.15) is 108 Å². The van der Waals surface area contributed by atoms with Crippen molar-refractivity contribution in [1.29, 1.82) is 0 Å². The van der Waals surface area contributed by atoms with Gasteiger partial charge in [0.1, 0.15) is 47.3 Å². The SMILES string of the molecule is CC(C)C[C@H](NC(=O)[C@@H](NC(=O)CNC(=O)c1ccccc1)C(C)C)C(=O)N[C@@H](CCCCNC(=O)C[C@@H](SCc1ccc([N+](=O)[O-])cc1)C(=O)O)C(=O)N[C@@H](CCC(=O)O)C(=O)N[C@@H](Cc1ccc(O)cc1)C(=O)NCC(=O)N[C@H](C(N)=O)C(C)C. The number of non-ortho nitro benzene ring substituents is 1. The lowest BCUT2D eigenvalue weighted by Gasteiger charge is -2.28. The van der Waals surface area contributed by atoms with Gasteiger partial charge in [0.05, 0.1) is 18.0 Å². The Hall–Kier alpha value is -9.15. The minimum absolute atomic E-state index is 0.00737. The third-order valence-electron chi connectivity index (χ3n) is 13.2. The molecule has 0 fully saturated rings. The van der Waals surface area contributed by atoms with E-state index in [0.29, 0.717) is 16.7 Å². The van der Waals surface area contributed by atoms with Crippen molar-refractivity contribution in [1.82, 2.24) is 47.9 Å². The van der Waals surface area contributed by atoms with Crippen LogP contribution in [-0.4, -0.2) is 152 Å². The molecule has 0 aliphatic heterocycles. The van der Waals surface area contributed by atoms with E-state index in [9.17, 15) is 83.0 Å². The predicted octanol–water partition coefficient (Wildman–Crippen LogP) is 1.07. The molecule has 0 aromatic heterocycles. The van der Waals surface area contributed by atoms with Crippen molar-refractivity contribution in [3.8, 4) is 5.75 Å². The summed E-state index contributed by atoms with van der Waals surface area (Å²) >= 11 is 0.931. The number of unbranched alkanes of at least 4 members (excludes halogenated alkanes) is 1. The van der Waals surface area contributed by atoms with Gasteiger partial charge in [-0.25, -0.2) is 0 Å². The molecule has 0 unspecified atom stereocenters. The summed E-state index contributed by atoms with van der Waals surface area (Å²) in [6.45, 7) is 8.80. The maximum absolute atomic E-state index is 14.5. The zero-order chi connectivity index (χ0) is 64.9. The highest BCUT2D eigenvalue weighted by atomic mass is 32.2. The lowest BCUT2D eigenvalue weighted by atomic mass is 9.99. The summed E-state index contributed by atoms with van der Waals surface area (Å²) in [5, 5.41) is 62.2. The molecule has 87 heavy (non-hydrogen) atoms. The fourth-order valence-electron chi connectivity index (χ4n) is 8.43. The van der Waals surface area contributed by atoms with Crippen LogP contribution in [0.4, 0.5) is 5.69 Å². The molecule has 14 N–H and O–H groups in total. The van der Waals surface area contributed by atoms with Gasteiger partial charge in [0.2, 0.25) is 53.2 Å². The smallest absolute Gasteiger partial charge is 0.317 e. The van der Waals surface area contributed by atoms with Crippen LogP contribution in [0, 0.1) is 27.9 Å². The molecule has 0 aliphatic rings. The molecule has 3 aromatic rings. The number of nitro groups is 1. The Morgan fingerprint density at radius 1 is 0.575 bits per heavy atom. The Labute approximate surface area is 507 Å². The molecule has 0 heterocycles. The van der Waals surface area contributed by atoms with E-state index in [1.54, 1.807) is 71.9 Å². The maximum Gasteiger partial charge on any atom is 0.317 e. The van der Waals surface area contributed by atoms with Crippen molar-refractivity contribution in [2.45, 2.75) is 140 Å². The Bertz CT molecular complexity index is 2880. The first-order chi connectivity index (χ1) is 41.0. The largest absolute Gasteiger partial charge is 0.508 e. The van der Waals surface area contributed by atoms with E-state index in [1.807, 2.05) is 0 Å². The maximum atomic E-state index is 14.5. The number of hydrogen-bond acceptors (Lipinski definition) is 16. The van der Waals surface area contributed by atoms with Crippen LogP contribution < -0.4 is 53.6 Å². The average molecular weight is 1230 g/mol. The average Bonchev–Trinajstić information content (AvgIpc) is 3.33. The number of carboxylic acids is 2. The van der Waals surface area contributed by atoms with E-state index < -0.39 is 162 Å². The number of hydrogen-bond donors (Lipinski definition) is 13. The summed E-state index contributed by atoms with van der Waals surface area (Å²) in [6.07, 6.45) is -2.02. The molecule has 0 saturated carbocycles. The summed E-state index contributed by atoms with van der Waals surface area (Å²) in [6, 6.07) is 10.6. The van der Waals surface area contributed by atoms with E-state index in [0.717, 1.165) is 11.8 Å². The van der Waals surface area contributed by atoms with Gasteiger partial charge >= 0.3 is 11.9 Å². The zero-order valence-corrected chi connectivity index (χ0v) is 50.1. The van der Waals surface area contributed by atoms with E-state index in [-0.39, 0.29) is 61.8 Å². The second kappa shape index (κ2) is 36.6. The van der Waals surface area contributed by atoms with Crippen LogP contribution in [0.15, 0.2) is 78.9 Å². The van der Waals surface area contributed by atoms with Crippen molar-refractivity contribution in [3.63, 3.8) is 0 Å². The Balaban J connectivity index is 1.90. The number of nitrogens with zero attached hydrogens (tertiary/aromatic N) is 1. The van der Waals surface area contributed by atoms with Gasteiger partial charge in [-0.2, -0.15) is 0 Å². The Morgan fingerprint density at radius 2 is 1.10 bits per heavy atom. The van der Waals surface area contributed by atoms with Crippen LogP contribution in [0.25, 0.3) is 0 Å². The molecule has 474 valence electrons. The standard InChI is InChI=1S/C58H79N11O17S/c1-32(2)26-42(66-57(82)50(34(5)6)68-47(73)29-61-52(77)37-12-8-7-9-13-37)56(81)63-40(14-10-11-25-60-45(71)28-44(58(83)84)87-31-36-15-19-38(20-16-36)69(85)86)54(79)64-41(23-24-48(74)75)55(80)65-43(27-35-17-21-39(70)22-18-35)53(78)62-30-46(72)67-49(33(3)4)51(59)76/h7-9,12-13,15-22,32-34,40-44,49-50,70H,10-11,14,23-31H2,1-6H3,(H2,59,76)(H,60,71)(H,61,77)(H,62,78)(H,63,81)(H,64,79)(H,65,80)(H,66,82)(H,67,72)(H,68,73)(H,74,75)(H,83,84)/t40-,41-,42-,43-,44+,49-,50-/m0/s1. The first-order valence-electron chi connectivity index (χ1n) is 28.1. The molecule has 0 aliphatic carbocycles. The summed E-state index contributed by atoms with van der Waals surface area (Å²) in [7, 11) is 0. The number of primary amides is 1. The van der Waals surface area contributed by atoms with Gasteiger partial charge in [-0.15, -0.1) is 11.8 Å². The van der Waals surface area contributed by atoms with Crippen molar-refractivity contribution < 1.29 is 77.8 Å². The molecule has 28 nitrogen and oxygen atoms in total. The Kier molecular flexibility index (Phi) is 30.4. The van der Waals surface area contributed by atoms with E-state index in [2.05, 4.69) is 47.9 Å². The number of thioether (sulfide) groups is 1. The fraction of sp³-hybridized carbons (Fsp3) is 0.483. The van der Waals surface area contributed by atoms with Crippen molar-refractivity contribution in [2.24, 2.45) is 23.5 Å². The lowest BCUT2D eigenvalue weighted by molar-refractivity contribution is -0.384. The second-order valence-corrected chi connectivity index (χ2v) is 22.7. The van der Waals surface area contributed by atoms with Crippen LogP contribution >= 0.6 is 11.8 Å². The van der Waals surface area contributed by atoms with Crippen molar-refractivity contribution in [2.75, 3.05) is 19.6 Å². The van der Waals surface area contributed by atoms with E-state index >= 15 is 0 Å².